The fraction of sp³-hybridized carbons (Fsp3) is 0.667. The Bertz CT molecular complexity index is 703. The Morgan fingerprint density at radius 2 is 1.60 bits per heavy atom. The normalized spacial score (nSPS) is 10.8. The molecule has 0 atom stereocenters. The summed E-state index contributed by atoms with van der Waals surface area (Å²) in [6, 6.07) is -0.453. The van der Waals surface area contributed by atoms with Crippen molar-refractivity contribution in [1.29, 1.82) is 0 Å². The number of nitrogens with one attached hydrogen (secondary N) is 3. The molecule has 9 heteroatoms. The molecule has 1 heterocycles. The molecule has 0 aromatic carbocycles. The van der Waals surface area contributed by atoms with Gasteiger partial charge in [-0.2, -0.15) is 0 Å². The lowest BCUT2D eigenvalue weighted by molar-refractivity contribution is 0.0697. The van der Waals surface area contributed by atoms with E-state index in [1.54, 1.807) is 6.92 Å². The zero-order valence-corrected chi connectivity index (χ0v) is 19.4. The van der Waals surface area contributed by atoms with Gasteiger partial charge in [-0.3, -0.25) is 10.1 Å². The number of carbonyl (C=O) groups is 3. The molecule has 0 fully saturated rings. The first kappa shape index (κ1) is 25.9. The molecule has 1 aromatic heterocycles. The van der Waals surface area contributed by atoms with E-state index in [2.05, 4.69) is 22.9 Å². The predicted molar refractivity (Wildman–Crippen MR) is 122 cm³/mol. The van der Waals surface area contributed by atoms with E-state index in [-0.39, 0.29) is 16.5 Å². The smallest absolute Gasteiger partial charge is 0.339 e. The lowest BCUT2D eigenvalue weighted by atomic mass is 10.1. The second-order valence-corrected chi connectivity index (χ2v) is 8.65. The van der Waals surface area contributed by atoms with Gasteiger partial charge in [0.1, 0.15) is 5.00 Å². The summed E-state index contributed by atoms with van der Waals surface area (Å²) in [6.45, 7) is 5.63. The van der Waals surface area contributed by atoms with Gasteiger partial charge < -0.3 is 20.6 Å². The van der Waals surface area contributed by atoms with Crippen LogP contribution in [0.5, 0.6) is 0 Å². The Balaban J connectivity index is 2.62. The van der Waals surface area contributed by atoms with Gasteiger partial charge in [0.15, 0.2) is 0 Å². The third-order valence-electron chi connectivity index (χ3n) is 4.68. The highest BCUT2D eigenvalue weighted by atomic mass is 32.1. The topological polar surface area (TPSA) is 111 Å². The highest BCUT2D eigenvalue weighted by molar-refractivity contribution is 7.18. The van der Waals surface area contributed by atoms with Crippen molar-refractivity contribution in [3.8, 4) is 0 Å². The van der Waals surface area contributed by atoms with Crippen molar-refractivity contribution in [2.24, 2.45) is 0 Å². The van der Waals surface area contributed by atoms with Crippen LogP contribution >= 0.6 is 11.3 Å². The van der Waals surface area contributed by atoms with E-state index in [4.69, 9.17) is 0 Å². The second kappa shape index (κ2) is 14.0. The van der Waals surface area contributed by atoms with E-state index in [0.717, 1.165) is 43.6 Å². The van der Waals surface area contributed by atoms with Gasteiger partial charge >= 0.3 is 12.0 Å². The van der Waals surface area contributed by atoms with Crippen LogP contribution in [0.15, 0.2) is 0 Å². The van der Waals surface area contributed by atoms with E-state index < -0.39 is 12.0 Å². The third-order valence-corrected chi connectivity index (χ3v) is 5.88. The summed E-state index contributed by atoms with van der Waals surface area (Å²) in [5, 5.41) is 17.9. The fourth-order valence-corrected chi connectivity index (χ4v) is 4.12. The number of carbonyl (C=O) groups excluding carboxylic acids is 2. The van der Waals surface area contributed by atoms with Crippen LogP contribution in [0.25, 0.3) is 0 Å². The molecule has 0 radical (unpaired) electrons. The van der Waals surface area contributed by atoms with Crippen LogP contribution in [0.4, 0.5) is 9.80 Å². The summed E-state index contributed by atoms with van der Waals surface area (Å²) in [7, 11) is 3.92. The van der Waals surface area contributed by atoms with E-state index >= 15 is 0 Å². The number of urea groups is 1. The van der Waals surface area contributed by atoms with E-state index in [1.165, 1.54) is 19.3 Å². The van der Waals surface area contributed by atoms with Crippen molar-refractivity contribution in [2.75, 3.05) is 39.0 Å². The Kier molecular flexibility index (Phi) is 12.1. The summed E-state index contributed by atoms with van der Waals surface area (Å²) in [4.78, 5) is 38.7. The van der Waals surface area contributed by atoms with Crippen molar-refractivity contribution in [1.82, 2.24) is 15.5 Å². The van der Waals surface area contributed by atoms with Crippen LogP contribution < -0.4 is 16.0 Å². The standard InChI is InChI=1S/C21H36N4O4S/c1-5-6-7-8-9-10-12-23-21(29)24-19-16(20(27)28)15(2)17(30-19)18(26)22-13-11-14-25(3)4/h5-14H2,1-4H3,(H,22,26)(H,27,28)(H2,23,24,29). The molecular formula is C21H36N4O4S. The molecule has 30 heavy (non-hydrogen) atoms. The zero-order chi connectivity index (χ0) is 22.5. The van der Waals surface area contributed by atoms with Gasteiger partial charge in [-0.1, -0.05) is 39.0 Å². The molecule has 0 saturated heterocycles. The highest BCUT2D eigenvalue weighted by Gasteiger charge is 2.25. The summed E-state index contributed by atoms with van der Waals surface area (Å²) < 4.78 is 0. The first-order valence-electron chi connectivity index (χ1n) is 10.6. The zero-order valence-electron chi connectivity index (χ0n) is 18.6. The minimum Gasteiger partial charge on any atom is -0.478 e. The number of thiophene rings is 1. The lowest BCUT2D eigenvalue weighted by Crippen LogP contribution is -2.29. The van der Waals surface area contributed by atoms with Crippen LogP contribution in [0.1, 0.15) is 77.5 Å². The largest absolute Gasteiger partial charge is 0.478 e. The van der Waals surface area contributed by atoms with Crippen molar-refractivity contribution >= 4 is 34.2 Å². The minimum atomic E-state index is -1.17. The van der Waals surface area contributed by atoms with Crippen molar-refractivity contribution in [3.05, 3.63) is 16.0 Å². The van der Waals surface area contributed by atoms with Gasteiger partial charge in [-0.25, -0.2) is 9.59 Å². The number of anilines is 1. The number of rotatable bonds is 14. The average molecular weight is 441 g/mol. The number of nitrogens with zero attached hydrogens (tertiary/aromatic N) is 1. The third kappa shape index (κ3) is 9.13. The van der Waals surface area contributed by atoms with Crippen LogP contribution in [0, 0.1) is 6.92 Å². The Morgan fingerprint density at radius 1 is 0.967 bits per heavy atom. The lowest BCUT2D eigenvalue weighted by Gasteiger charge is -2.09. The molecule has 170 valence electrons. The first-order chi connectivity index (χ1) is 14.3. The van der Waals surface area contributed by atoms with Crippen LogP contribution in [0.2, 0.25) is 0 Å². The highest BCUT2D eigenvalue weighted by Crippen LogP contribution is 2.33. The molecule has 3 amide bonds. The molecule has 1 rings (SSSR count). The van der Waals surface area contributed by atoms with Gasteiger partial charge in [-0.05, 0) is 46.0 Å². The average Bonchev–Trinajstić information content (AvgIpc) is 3.00. The van der Waals surface area contributed by atoms with Crippen molar-refractivity contribution in [3.63, 3.8) is 0 Å². The van der Waals surface area contributed by atoms with Crippen LogP contribution in [0.3, 0.4) is 0 Å². The Labute approximate surface area is 183 Å². The van der Waals surface area contributed by atoms with E-state index in [1.807, 2.05) is 19.0 Å². The monoisotopic (exact) mass is 440 g/mol. The quantitative estimate of drug-likeness (QED) is 0.328. The fourth-order valence-electron chi connectivity index (χ4n) is 3.01. The molecule has 0 aliphatic carbocycles. The number of amides is 3. The molecular weight excluding hydrogens is 404 g/mol. The maximum absolute atomic E-state index is 12.5. The summed E-state index contributed by atoms with van der Waals surface area (Å²) in [5.74, 6) is -1.49. The van der Waals surface area contributed by atoms with Gasteiger partial charge in [0.25, 0.3) is 5.91 Å². The number of unbranched alkanes of at least 4 members (excludes halogenated alkanes) is 5. The number of carboxylic acid groups (broad SMARTS) is 1. The molecule has 0 spiro atoms. The maximum Gasteiger partial charge on any atom is 0.339 e. The van der Waals surface area contributed by atoms with E-state index in [0.29, 0.717) is 23.5 Å². The number of carboxylic acids is 1. The maximum atomic E-state index is 12.5. The predicted octanol–water partition coefficient (Wildman–Crippen LogP) is 3.92. The summed E-state index contributed by atoms with van der Waals surface area (Å²) >= 11 is 0.993. The first-order valence-corrected chi connectivity index (χ1v) is 11.4. The summed E-state index contributed by atoms with van der Waals surface area (Å²) in [6.07, 6.45) is 7.51. The Morgan fingerprint density at radius 3 is 2.23 bits per heavy atom. The second-order valence-electron chi connectivity index (χ2n) is 7.63. The number of hydrogen-bond acceptors (Lipinski definition) is 5. The van der Waals surface area contributed by atoms with E-state index in [9.17, 15) is 19.5 Å². The van der Waals surface area contributed by atoms with Gasteiger partial charge in [0, 0.05) is 13.1 Å². The molecule has 1 aromatic rings. The molecule has 0 saturated carbocycles. The van der Waals surface area contributed by atoms with Gasteiger partial charge in [0.2, 0.25) is 0 Å². The van der Waals surface area contributed by atoms with Crippen LogP contribution in [-0.2, 0) is 0 Å². The van der Waals surface area contributed by atoms with Crippen molar-refractivity contribution in [2.45, 2.75) is 58.8 Å². The van der Waals surface area contributed by atoms with Gasteiger partial charge in [-0.15, -0.1) is 11.3 Å². The number of aromatic carboxylic acids is 1. The Hall–Kier alpha value is -2.13. The van der Waals surface area contributed by atoms with Crippen molar-refractivity contribution < 1.29 is 19.5 Å². The molecule has 0 unspecified atom stereocenters. The summed E-state index contributed by atoms with van der Waals surface area (Å²) in [5.41, 5.74) is 0.331. The molecule has 0 aliphatic heterocycles. The molecule has 4 N–H and O–H groups in total. The molecule has 0 bridgehead atoms. The van der Waals surface area contributed by atoms with Crippen LogP contribution in [-0.4, -0.2) is 61.6 Å². The van der Waals surface area contributed by atoms with Gasteiger partial charge in [0.05, 0.1) is 10.4 Å². The minimum absolute atomic E-state index is 0.0341. The SMILES string of the molecule is CCCCCCCCNC(=O)Nc1sc(C(=O)NCCCN(C)C)c(C)c1C(=O)O. The number of hydrogen-bond donors (Lipinski definition) is 4. The molecule has 0 aliphatic rings. The molecule has 8 nitrogen and oxygen atoms in total.